The molecule has 2 aromatic heterocycles. The van der Waals surface area contributed by atoms with E-state index < -0.39 is 0 Å². The van der Waals surface area contributed by atoms with Crippen LogP contribution >= 0.6 is 0 Å². The van der Waals surface area contributed by atoms with E-state index in [1.807, 2.05) is 0 Å². The van der Waals surface area contributed by atoms with E-state index in [4.69, 9.17) is 0 Å². The molecule has 0 saturated heterocycles. The van der Waals surface area contributed by atoms with Crippen molar-refractivity contribution in [2.45, 2.75) is 0 Å². The van der Waals surface area contributed by atoms with Crippen molar-refractivity contribution < 1.29 is 0 Å². The summed E-state index contributed by atoms with van der Waals surface area (Å²) >= 11 is 0.325. The van der Waals surface area contributed by atoms with Gasteiger partial charge >= 0.3 is 222 Å². The summed E-state index contributed by atoms with van der Waals surface area (Å²) in [4.78, 5) is 2.40. The van der Waals surface area contributed by atoms with Crippen LogP contribution in [0.3, 0.4) is 0 Å². The average Bonchev–Trinajstić information content (AvgIpc) is 3.80. The third-order valence-electron chi connectivity index (χ3n) is 11.0. The number of hydrogen-bond donors (Lipinski definition) is 0. The van der Waals surface area contributed by atoms with Gasteiger partial charge < -0.3 is 4.57 Å². The standard InChI is InChI=1S/C52H34N2Se/c1-2-13-39(14-3-1)54-49-19-8-6-16-45(49)47-33-38(25-31-50(47)54)35-21-26-40(27-22-35)53(42-30-32-52-48(34-42)46-17-7-9-20-51(46)55-52)41-28-23-37(24-29-41)44-18-10-12-36-11-4-5-15-43(36)44/h1-34H. The topological polar surface area (TPSA) is 8.17 Å². The molecule has 11 aromatic rings. The number of para-hydroxylation sites is 2. The van der Waals surface area contributed by atoms with E-state index in [0.29, 0.717) is 14.5 Å². The molecule has 55 heavy (non-hydrogen) atoms. The van der Waals surface area contributed by atoms with Crippen molar-refractivity contribution in [3.63, 3.8) is 0 Å². The van der Waals surface area contributed by atoms with Gasteiger partial charge in [-0.2, -0.15) is 0 Å². The van der Waals surface area contributed by atoms with E-state index in [1.165, 1.54) is 79.8 Å². The molecule has 258 valence electrons. The predicted molar refractivity (Wildman–Crippen MR) is 236 cm³/mol. The fraction of sp³-hybridized carbons (Fsp3) is 0. The zero-order valence-electron chi connectivity index (χ0n) is 29.9. The van der Waals surface area contributed by atoms with E-state index in [1.54, 1.807) is 0 Å². The van der Waals surface area contributed by atoms with Crippen molar-refractivity contribution in [2.24, 2.45) is 0 Å². The van der Waals surface area contributed by atoms with E-state index in [9.17, 15) is 0 Å². The molecule has 0 saturated carbocycles. The smallest absolute Gasteiger partial charge is 0.0602 e. The first-order valence-corrected chi connectivity index (χ1v) is 20.5. The van der Waals surface area contributed by atoms with Gasteiger partial charge in [-0.25, -0.2) is 0 Å². The Morgan fingerprint density at radius 1 is 0.345 bits per heavy atom. The summed E-state index contributed by atoms with van der Waals surface area (Å²) in [5.41, 5.74) is 11.9. The Morgan fingerprint density at radius 3 is 1.76 bits per heavy atom. The first-order chi connectivity index (χ1) is 27.3. The quantitative estimate of drug-likeness (QED) is 0.153. The summed E-state index contributed by atoms with van der Waals surface area (Å²) in [7, 11) is 0. The Labute approximate surface area is 325 Å². The van der Waals surface area contributed by atoms with Gasteiger partial charge in [0.05, 0.1) is 11.0 Å². The summed E-state index contributed by atoms with van der Waals surface area (Å²) in [5, 5.41) is 7.76. The molecular formula is C52H34N2Se. The molecule has 0 unspecified atom stereocenters. The first-order valence-electron chi connectivity index (χ1n) is 18.8. The average molecular weight is 766 g/mol. The minimum atomic E-state index is 0.325. The summed E-state index contributed by atoms with van der Waals surface area (Å²) in [6.07, 6.45) is 0. The van der Waals surface area contributed by atoms with Crippen LogP contribution in [0.1, 0.15) is 0 Å². The number of hydrogen-bond acceptors (Lipinski definition) is 1. The second kappa shape index (κ2) is 13.0. The minimum Gasteiger partial charge on any atom is -0.0602 e. The molecule has 0 bridgehead atoms. The Bertz CT molecular complexity index is 3180. The monoisotopic (exact) mass is 766 g/mol. The summed E-state index contributed by atoms with van der Waals surface area (Å²) < 4.78 is 5.28. The summed E-state index contributed by atoms with van der Waals surface area (Å²) in [5.74, 6) is 0. The molecule has 0 aliphatic carbocycles. The van der Waals surface area contributed by atoms with E-state index >= 15 is 0 Å². The number of fused-ring (bicyclic) bond motifs is 7. The van der Waals surface area contributed by atoms with Gasteiger partial charge in [0, 0.05) is 11.1 Å². The zero-order valence-corrected chi connectivity index (χ0v) is 31.6. The molecule has 0 aliphatic heterocycles. The first kappa shape index (κ1) is 31.8. The van der Waals surface area contributed by atoms with Gasteiger partial charge in [-0.3, -0.25) is 0 Å². The minimum absolute atomic E-state index is 0.325. The van der Waals surface area contributed by atoms with Crippen LogP contribution in [0, 0.1) is 0 Å². The maximum atomic E-state index is 2.40. The van der Waals surface area contributed by atoms with E-state index in [2.05, 4.69) is 216 Å². The molecule has 0 spiro atoms. The van der Waals surface area contributed by atoms with Crippen LogP contribution in [0.5, 0.6) is 0 Å². The second-order valence-corrected chi connectivity index (χ2v) is 16.4. The van der Waals surface area contributed by atoms with Crippen LogP contribution < -0.4 is 4.90 Å². The van der Waals surface area contributed by atoms with E-state index in [0.717, 1.165) is 17.1 Å². The number of benzene rings is 9. The van der Waals surface area contributed by atoms with E-state index in [-0.39, 0.29) is 0 Å². The SMILES string of the molecule is c1ccc(-n2c3ccccc3c3cc(-c4ccc(N(c5ccc(-c6cccc7ccccc67)cc5)c5ccc6[se]c7ccccc7c6c5)cc4)ccc32)cc1. The van der Waals surface area contributed by atoms with Crippen molar-refractivity contribution in [1.82, 2.24) is 4.57 Å². The van der Waals surface area contributed by atoms with Crippen LogP contribution in [0.4, 0.5) is 17.1 Å². The number of nitrogens with zero attached hydrogens (tertiary/aromatic N) is 2. The summed E-state index contributed by atoms with van der Waals surface area (Å²) in [6, 6.07) is 75.6. The predicted octanol–water partition coefficient (Wildman–Crippen LogP) is 14.1. The van der Waals surface area contributed by atoms with Crippen LogP contribution in [0.15, 0.2) is 206 Å². The third-order valence-corrected chi connectivity index (χ3v) is 13.4. The molecule has 0 amide bonds. The molecular weight excluding hydrogens is 732 g/mol. The summed E-state index contributed by atoms with van der Waals surface area (Å²) in [6.45, 7) is 0. The van der Waals surface area contributed by atoms with Crippen molar-refractivity contribution in [1.29, 1.82) is 0 Å². The van der Waals surface area contributed by atoms with Gasteiger partial charge in [0.25, 0.3) is 0 Å². The van der Waals surface area contributed by atoms with Gasteiger partial charge in [0.1, 0.15) is 0 Å². The third kappa shape index (κ3) is 5.40. The van der Waals surface area contributed by atoms with Crippen molar-refractivity contribution in [3.05, 3.63) is 206 Å². The molecule has 9 aromatic carbocycles. The number of rotatable bonds is 6. The van der Waals surface area contributed by atoms with Crippen molar-refractivity contribution >= 4 is 83.4 Å². The fourth-order valence-corrected chi connectivity index (χ4v) is 10.7. The Balaban J connectivity index is 1.02. The van der Waals surface area contributed by atoms with Crippen molar-refractivity contribution in [2.75, 3.05) is 4.90 Å². The molecule has 0 aliphatic rings. The fourth-order valence-electron chi connectivity index (χ4n) is 8.38. The normalized spacial score (nSPS) is 11.6. The molecule has 0 N–H and O–H groups in total. The van der Waals surface area contributed by atoms with Crippen molar-refractivity contribution in [3.8, 4) is 27.9 Å². The molecule has 2 heterocycles. The second-order valence-electron chi connectivity index (χ2n) is 14.2. The van der Waals surface area contributed by atoms with Gasteiger partial charge in [0.2, 0.25) is 0 Å². The molecule has 3 heteroatoms. The van der Waals surface area contributed by atoms with Crippen LogP contribution in [-0.2, 0) is 0 Å². The van der Waals surface area contributed by atoms with Gasteiger partial charge in [-0.15, -0.1) is 0 Å². The van der Waals surface area contributed by atoms with Crippen LogP contribution in [0.2, 0.25) is 0 Å². The number of aromatic nitrogens is 1. The Hall–Kier alpha value is -6.64. The molecule has 2 nitrogen and oxygen atoms in total. The Kier molecular flexibility index (Phi) is 7.55. The van der Waals surface area contributed by atoms with Crippen LogP contribution in [-0.4, -0.2) is 19.1 Å². The maximum absolute atomic E-state index is 2.40. The molecule has 0 fully saturated rings. The molecule has 11 rings (SSSR count). The molecule has 0 radical (unpaired) electrons. The van der Waals surface area contributed by atoms with Gasteiger partial charge in [-0.1, -0.05) is 60.7 Å². The Morgan fingerprint density at radius 2 is 0.945 bits per heavy atom. The van der Waals surface area contributed by atoms with Crippen LogP contribution in [0.25, 0.3) is 79.8 Å². The number of anilines is 3. The van der Waals surface area contributed by atoms with Gasteiger partial charge in [-0.05, 0) is 18.2 Å². The van der Waals surface area contributed by atoms with Gasteiger partial charge in [0.15, 0.2) is 0 Å². The molecule has 0 atom stereocenters. The zero-order chi connectivity index (χ0) is 36.3.